The summed E-state index contributed by atoms with van der Waals surface area (Å²) >= 11 is 0. The van der Waals surface area contributed by atoms with E-state index in [4.69, 9.17) is 10.2 Å². The van der Waals surface area contributed by atoms with Crippen molar-refractivity contribution >= 4 is 11.7 Å². The number of aryl methyl sites for hydroxylation is 1. The van der Waals surface area contributed by atoms with Crippen LogP contribution in [0.5, 0.6) is 0 Å². The number of pyridine rings is 1. The Labute approximate surface area is 154 Å². The lowest BCUT2D eigenvalue weighted by Crippen LogP contribution is -2.27. The van der Waals surface area contributed by atoms with Crippen LogP contribution in [0.25, 0.3) is 11.6 Å². The predicted octanol–water partition coefficient (Wildman–Crippen LogP) is 2.36. The van der Waals surface area contributed by atoms with Gasteiger partial charge in [-0.3, -0.25) is 9.78 Å². The second kappa shape index (κ2) is 6.75. The summed E-state index contributed by atoms with van der Waals surface area (Å²) < 4.78 is 19.3. The zero-order valence-corrected chi connectivity index (χ0v) is 14.6. The number of nitrogens with one attached hydrogen (secondary N) is 1. The normalized spacial score (nSPS) is 13.6. The molecule has 3 aromatic heterocycles. The fourth-order valence-electron chi connectivity index (χ4n) is 2.92. The summed E-state index contributed by atoms with van der Waals surface area (Å²) in [7, 11) is 0. The SMILES string of the molecule is Cc1nc(C(=O)NCc2nccc(F)c2C2CC2)c(N)nc1-c1ncco1. The lowest BCUT2D eigenvalue weighted by atomic mass is 10.1. The largest absolute Gasteiger partial charge is 0.443 e. The maximum absolute atomic E-state index is 14.1. The highest BCUT2D eigenvalue weighted by atomic mass is 19.1. The van der Waals surface area contributed by atoms with Gasteiger partial charge in [0.05, 0.1) is 24.1 Å². The van der Waals surface area contributed by atoms with Crippen molar-refractivity contribution in [1.82, 2.24) is 25.3 Å². The summed E-state index contributed by atoms with van der Waals surface area (Å²) in [4.78, 5) is 29.2. The second-order valence-electron chi connectivity index (χ2n) is 6.34. The van der Waals surface area contributed by atoms with Crippen LogP contribution in [0.3, 0.4) is 0 Å². The molecule has 9 heteroatoms. The van der Waals surface area contributed by atoms with Gasteiger partial charge in [-0.25, -0.2) is 19.3 Å². The lowest BCUT2D eigenvalue weighted by Gasteiger charge is -2.11. The summed E-state index contributed by atoms with van der Waals surface area (Å²) in [6.45, 7) is 1.77. The standard InChI is InChI=1S/C18H17FN6O2/c1-9-14(18-22-6-7-27-18)25-16(20)15(24-9)17(26)23-8-12-13(10-2-3-10)11(19)4-5-21-12/h4-7,10H,2-3,8H2,1H3,(H2,20,25)(H,23,26). The van der Waals surface area contributed by atoms with Crippen molar-refractivity contribution in [1.29, 1.82) is 0 Å². The number of nitrogen functional groups attached to an aromatic ring is 1. The van der Waals surface area contributed by atoms with Crippen molar-refractivity contribution in [2.45, 2.75) is 32.2 Å². The molecule has 1 fully saturated rings. The van der Waals surface area contributed by atoms with Crippen LogP contribution in [0.1, 0.15) is 46.2 Å². The summed E-state index contributed by atoms with van der Waals surface area (Å²) in [6.07, 6.45) is 6.16. The van der Waals surface area contributed by atoms with Crippen LogP contribution in [0.15, 0.2) is 29.1 Å². The summed E-state index contributed by atoms with van der Waals surface area (Å²) in [5.41, 5.74) is 7.82. The number of rotatable bonds is 5. The topological polar surface area (TPSA) is 120 Å². The van der Waals surface area contributed by atoms with Crippen LogP contribution < -0.4 is 11.1 Å². The maximum atomic E-state index is 14.1. The Morgan fingerprint density at radius 1 is 1.33 bits per heavy atom. The third kappa shape index (κ3) is 3.35. The fraction of sp³-hybridized carbons (Fsp3) is 0.278. The van der Waals surface area contributed by atoms with Gasteiger partial charge >= 0.3 is 0 Å². The molecule has 0 aromatic carbocycles. The molecule has 27 heavy (non-hydrogen) atoms. The van der Waals surface area contributed by atoms with Crippen LogP contribution in [-0.2, 0) is 6.54 Å². The van der Waals surface area contributed by atoms with E-state index in [0.717, 1.165) is 12.8 Å². The first kappa shape index (κ1) is 17.1. The molecule has 4 rings (SSSR count). The van der Waals surface area contributed by atoms with Crippen molar-refractivity contribution in [3.63, 3.8) is 0 Å². The number of hydrogen-bond donors (Lipinski definition) is 2. The van der Waals surface area contributed by atoms with Crippen molar-refractivity contribution in [2.75, 3.05) is 5.73 Å². The Kier molecular flexibility index (Phi) is 4.27. The average Bonchev–Trinajstić information content (AvgIpc) is 3.34. The first-order chi connectivity index (χ1) is 13.0. The van der Waals surface area contributed by atoms with Crippen LogP contribution in [0, 0.1) is 12.7 Å². The Bertz CT molecular complexity index is 1000. The van der Waals surface area contributed by atoms with Crippen LogP contribution in [0.4, 0.5) is 10.2 Å². The first-order valence-corrected chi connectivity index (χ1v) is 8.50. The highest BCUT2D eigenvalue weighted by molar-refractivity contribution is 5.96. The minimum absolute atomic E-state index is 0.00724. The molecule has 1 amide bonds. The van der Waals surface area contributed by atoms with E-state index in [1.165, 1.54) is 24.7 Å². The van der Waals surface area contributed by atoms with Crippen molar-refractivity contribution in [2.24, 2.45) is 0 Å². The Hall–Kier alpha value is -3.36. The van der Waals surface area contributed by atoms with E-state index in [2.05, 4.69) is 25.3 Å². The number of hydrogen-bond acceptors (Lipinski definition) is 7. The second-order valence-corrected chi connectivity index (χ2v) is 6.34. The molecule has 8 nitrogen and oxygen atoms in total. The van der Waals surface area contributed by atoms with Gasteiger partial charge in [0.25, 0.3) is 5.91 Å². The smallest absolute Gasteiger partial charge is 0.274 e. The third-order valence-electron chi connectivity index (χ3n) is 4.37. The molecule has 0 aliphatic heterocycles. The van der Waals surface area contributed by atoms with Crippen LogP contribution in [0.2, 0.25) is 0 Å². The van der Waals surface area contributed by atoms with E-state index in [1.807, 2.05) is 0 Å². The number of nitrogens with two attached hydrogens (primary N) is 1. The molecule has 0 saturated heterocycles. The zero-order chi connectivity index (χ0) is 19.0. The first-order valence-electron chi connectivity index (χ1n) is 8.50. The zero-order valence-electron chi connectivity index (χ0n) is 14.6. The summed E-state index contributed by atoms with van der Waals surface area (Å²) in [5.74, 6) is -0.382. The highest BCUT2D eigenvalue weighted by Crippen LogP contribution is 2.42. The number of carbonyl (C=O) groups excluding carboxylic acids is 1. The van der Waals surface area contributed by atoms with Gasteiger partial charge in [-0.15, -0.1) is 0 Å². The molecule has 0 unspecified atom stereocenters. The summed E-state index contributed by atoms with van der Waals surface area (Å²) in [5, 5.41) is 2.70. The van der Waals surface area contributed by atoms with Crippen LogP contribution >= 0.6 is 0 Å². The molecule has 0 atom stereocenters. The van der Waals surface area contributed by atoms with E-state index >= 15 is 0 Å². The Balaban J connectivity index is 1.54. The third-order valence-corrected chi connectivity index (χ3v) is 4.37. The number of carbonyl (C=O) groups is 1. The average molecular weight is 368 g/mol. The van der Waals surface area contributed by atoms with Gasteiger partial charge in [0.1, 0.15) is 17.8 Å². The lowest BCUT2D eigenvalue weighted by molar-refractivity contribution is 0.0945. The van der Waals surface area contributed by atoms with Gasteiger partial charge < -0.3 is 15.5 Å². The van der Waals surface area contributed by atoms with Gasteiger partial charge in [-0.05, 0) is 31.7 Å². The van der Waals surface area contributed by atoms with Crippen molar-refractivity contribution in [3.8, 4) is 11.6 Å². The number of anilines is 1. The molecule has 3 heterocycles. The minimum Gasteiger partial charge on any atom is -0.443 e. The van der Waals surface area contributed by atoms with Gasteiger partial charge in [0.2, 0.25) is 5.89 Å². The molecular weight excluding hydrogens is 351 g/mol. The monoisotopic (exact) mass is 368 g/mol. The van der Waals surface area contributed by atoms with Crippen molar-refractivity contribution < 1.29 is 13.6 Å². The van der Waals surface area contributed by atoms with E-state index in [0.29, 0.717) is 22.6 Å². The molecule has 0 spiro atoms. The van der Waals surface area contributed by atoms with E-state index in [-0.39, 0.29) is 35.7 Å². The van der Waals surface area contributed by atoms with Crippen molar-refractivity contribution in [3.05, 3.63) is 53.2 Å². The van der Waals surface area contributed by atoms with Crippen LogP contribution in [-0.4, -0.2) is 25.8 Å². The van der Waals surface area contributed by atoms with E-state index in [1.54, 1.807) is 6.92 Å². The summed E-state index contributed by atoms with van der Waals surface area (Å²) in [6, 6.07) is 1.34. The van der Waals surface area contributed by atoms with Gasteiger partial charge in [0.15, 0.2) is 11.5 Å². The molecule has 3 N–H and O–H groups in total. The van der Waals surface area contributed by atoms with E-state index in [9.17, 15) is 9.18 Å². The molecule has 3 aromatic rings. The van der Waals surface area contributed by atoms with Gasteiger partial charge in [0, 0.05) is 11.8 Å². The quantitative estimate of drug-likeness (QED) is 0.709. The Morgan fingerprint density at radius 2 is 2.15 bits per heavy atom. The number of amides is 1. The van der Waals surface area contributed by atoms with Gasteiger partial charge in [-0.1, -0.05) is 0 Å². The molecule has 0 radical (unpaired) electrons. The fourth-order valence-corrected chi connectivity index (χ4v) is 2.92. The number of halogens is 1. The Morgan fingerprint density at radius 3 is 2.85 bits per heavy atom. The maximum Gasteiger partial charge on any atom is 0.274 e. The molecular formula is C18H17FN6O2. The van der Waals surface area contributed by atoms with Gasteiger partial charge in [-0.2, -0.15) is 0 Å². The highest BCUT2D eigenvalue weighted by Gasteiger charge is 2.30. The molecule has 1 saturated carbocycles. The molecule has 1 aliphatic carbocycles. The minimum atomic E-state index is -0.505. The number of nitrogens with zero attached hydrogens (tertiary/aromatic N) is 4. The predicted molar refractivity (Wildman–Crippen MR) is 94.0 cm³/mol. The molecule has 1 aliphatic rings. The van der Waals surface area contributed by atoms with E-state index < -0.39 is 5.91 Å². The number of aromatic nitrogens is 4. The molecule has 138 valence electrons. The number of oxazole rings is 1. The molecule has 0 bridgehead atoms.